The minimum absolute atomic E-state index is 0.137. The summed E-state index contributed by atoms with van der Waals surface area (Å²) >= 11 is 3.36. The van der Waals surface area contributed by atoms with Crippen LogP contribution in [0, 0.1) is 0 Å². The smallest absolute Gasteiger partial charge is 0.251 e. The lowest BCUT2D eigenvalue weighted by molar-refractivity contribution is 0.0717. The van der Waals surface area contributed by atoms with E-state index in [0.29, 0.717) is 11.3 Å². The molecule has 2 N–H and O–H groups in total. The molecule has 1 aromatic carbocycles. The van der Waals surface area contributed by atoms with Crippen LogP contribution in [0.25, 0.3) is 0 Å². The maximum atomic E-state index is 12.1. The summed E-state index contributed by atoms with van der Waals surface area (Å²) in [4.78, 5) is 12.1. The zero-order valence-corrected chi connectivity index (χ0v) is 12.4. The van der Waals surface area contributed by atoms with Crippen LogP contribution in [0.4, 0.5) is 0 Å². The van der Waals surface area contributed by atoms with Gasteiger partial charge in [-0.3, -0.25) is 4.79 Å². The maximum absolute atomic E-state index is 12.1. The van der Waals surface area contributed by atoms with Gasteiger partial charge in [0.1, 0.15) is 5.75 Å². The van der Waals surface area contributed by atoms with Crippen molar-refractivity contribution in [2.45, 2.75) is 37.8 Å². The Morgan fingerprint density at radius 3 is 2.79 bits per heavy atom. The molecule has 0 radical (unpaired) electrons. The van der Waals surface area contributed by atoms with E-state index in [1.807, 2.05) is 0 Å². The first-order valence-corrected chi connectivity index (χ1v) is 7.23. The van der Waals surface area contributed by atoms with Gasteiger partial charge in [-0.25, -0.2) is 0 Å². The van der Waals surface area contributed by atoms with Gasteiger partial charge in [0, 0.05) is 5.56 Å². The Morgan fingerprint density at radius 2 is 2.16 bits per heavy atom. The van der Waals surface area contributed by atoms with Crippen molar-refractivity contribution in [2.24, 2.45) is 0 Å². The summed E-state index contributed by atoms with van der Waals surface area (Å²) in [7, 11) is 1.58. The second-order valence-electron chi connectivity index (χ2n) is 4.78. The highest BCUT2D eigenvalue weighted by Crippen LogP contribution is 2.26. The van der Waals surface area contributed by atoms with E-state index in [4.69, 9.17) is 4.74 Å². The highest BCUT2D eigenvalue weighted by Gasteiger charge is 2.24. The van der Waals surface area contributed by atoms with Crippen LogP contribution in [0.2, 0.25) is 0 Å². The third-order valence-electron chi connectivity index (χ3n) is 3.46. The van der Waals surface area contributed by atoms with Crippen molar-refractivity contribution < 1.29 is 14.6 Å². The van der Waals surface area contributed by atoms with Crippen molar-refractivity contribution in [2.75, 3.05) is 7.11 Å². The molecule has 19 heavy (non-hydrogen) atoms. The van der Waals surface area contributed by atoms with E-state index in [1.54, 1.807) is 25.3 Å². The Balaban J connectivity index is 2.05. The van der Waals surface area contributed by atoms with Gasteiger partial charge in [-0.05, 0) is 47.0 Å². The number of hydrogen-bond donors (Lipinski definition) is 2. The van der Waals surface area contributed by atoms with Gasteiger partial charge in [-0.1, -0.05) is 12.8 Å². The number of aliphatic hydroxyl groups excluding tert-OH is 1. The first-order chi connectivity index (χ1) is 9.11. The number of ether oxygens (including phenoxy) is 1. The highest BCUT2D eigenvalue weighted by atomic mass is 79.9. The summed E-state index contributed by atoms with van der Waals surface area (Å²) < 4.78 is 5.87. The van der Waals surface area contributed by atoms with Crippen LogP contribution in [0.3, 0.4) is 0 Å². The number of methoxy groups -OCH3 is 1. The molecule has 0 aromatic heterocycles. The predicted octanol–water partition coefficient (Wildman–Crippen LogP) is 2.49. The van der Waals surface area contributed by atoms with E-state index in [-0.39, 0.29) is 11.9 Å². The van der Waals surface area contributed by atoms with Crippen LogP contribution in [0.15, 0.2) is 22.7 Å². The van der Waals surface area contributed by atoms with Crippen LogP contribution >= 0.6 is 15.9 Å². The Labute approximate surface area is 121 Å². The summed E-state index contributed by atoms with van der Waals surface area (Å²) in [5.41, 5.74) is 0.561. The van der Waals surface area contributed by atoms with E-state index < -0.39 is 6.10 Å². The van der Waals surface area contributed by atoms with Gasteiger partial charge >= 0.3 is 0 Å². The number of nitrogens with one attached hydrogen (secondary N) is 1. The third kappa shape index (κ3) is 3.48. The number of hydrogen-bond acceptors (Lipinski definition) is 3. The number of carbonyl (C=O) groups is 1. The fourth-order valence-corrected chi connectivity index (χ4v) is 2.88. The number of carbonyl (C=O) groups excluding carboxylic acids is 1. The minimum Gasteiger partial charge on any atom is -0.496 e. The van der Waals surface area contributed by atoms with Gasteiger partial charge in [0.15, 0.2) is 0 Å². The van der Waals surface area contributed by atoms with E-state index in [2.05, 4.69) is 21.2 Å². The van der Waals surface area contributed by atoms with Crippen molar-refractivity contribution in [1.82, 2.24) is 5.32 Å². The Kier molecular flexibility index (Phi) is 4.82. The zero-order chi connectivity index (χ0) is 13.8. The molecule has 5 heteroatoms. The molecule has 2 rings (SSSR count). The lowest BCUT2D eigenvalue weighted by atomic mass is 9.92. The maximum Gasteiger partial charge on any atom is 0.251 e. The van der Waals surface area contributed by atoms with Crippen molar-refractivity contribution >= 4 is 21.8 Å². The molecular formula is C14H18BrNO3. The standard InChI is InChI=1S/C14H18BrNO3/c1-19-13-7-6-9(8-10(13)15)14(18)16-11-4-2-3-5-12(11)17/h6-8,11-12,17H,2-5H2,1H3,(H,16,18)/t11-,12-/m1/s1. The van der Waals surface area contributed by atoms with Crippen LogP contribution in [0.1, 0.15) is 36.0 Å². The fraction of sp³-hybridized carbons (Fsp3) is 0.500. The Hall–Kier alpha value is -1.07. The molecule has 0 spiro atoms. The average Bonchev–Trinajstić information content (AvgIpc) is 2.41. The SMILES string of the molecule is COc1ccc(C(=O)N[C@@H]2CCCC[C@H]2O)cc1Br. The molecule has 1 aliphatic carbocycles. The van der Waals surface area contributed by atoms with Gasteiger partial charge in [-0.2, -0.15) is 0 Å². The molecular weight excluding hydrogens is 310 g/mol. The van der Waals surface area contributed by atoms with E-state index in [1.165, 1.54) is 0 Å². The lowest BCUT2D eigenvalue weighted by Gasteiger charge is -2.28. The molecule has 1 saturated carbocycles. The van der Waals surface area contributed by atoms with Gasteiger partial charge in [-0.15, -0.1) is 0 Å². The number of rotatable bonds is 3. The lowest BCUT2D eigenvalue weighted by Crippen LogP contribution is -2.45. The molecule has 0 saturated heterocycles. The molecule has 1 aromatic rings. The largest absolute Gasteiger partial charge is 0.496 e. The summed E-state index contributed by atoms with van der Waals surface area (Å²) in [5.74, 6) is 0.531. The molecule has 1 aliphatic rings. The predicted molar refractivity (Wildman–Crippen MR) is 76.4 cm³/mol. The third-order valence-corrected chi connectivity index (χ3v) is 4.08. The van der Waals surface area contributed by atoms with Crippen molar-refractivity contribution in [3.63, 3.8) is 0 Å². The molecule has 104 valence electrons. The van der Waals surface area contributed by atoms with E-state index in [0.717, 1.165) is 30.2 Å². The van der Waals surface area contributed by atoms with Crippen LogP contribution < -0.4 is 10.1 Å². The van der Waals surface area contributed by atoms with E-state index >= 15 is 0 Å². The first-order valence-electron chi connectivity index (χ1n) is 6.44. The van der Waals surface area contributed by atoms with Crippen LogP contribution in [-0.2, 0) is 0 Å². The summed E-state index contributed by atoms with van der Waals surface area (Å²) in [6.45, 7) is 0. The normalized spacial score (nSPS) is 22.9. The molecule has 4 nitrogen and oxygen atoms in total. The molecule has 1 fully saturated rings. The molecule has 0 heterocycles. The van der Waals surface area contributed by atoms with Crippen molar-refractivity contribution in [3.8, 4) is 5.75 Å². The summed E-state index contributed by atoms with van der Waals surface area (Å²) in [6, 6.07) is 5.05. The van der Waals surface area contributed by atoms with E-state index in [9.17, 15) is 9.90 Å². The topological polar surface area (TPSA) is 58.6 Å². The molecule has 0 aliphatic heterocycles. The number of halogens is 1. The second kappa shape index (κ2) is 6.39. The highest BCUT2D eigenvalue weighted by molar-refractivity contribution is 9.10. The second-order valence-corrected chi connectivity index (χ2v) is 5.64. The van der Waals surface area contributed by atoms with Crippen LogP contribution in [-0.4, -0.2) is 30.3 Å². The fourth-order valence-electron chi connectivity index (χ4n) is 2.34. The molecule has 1 amide bonds. The number of amides is 1. The Morgan fingerprint density at radius 1 is 1.42 bits per heavy atom. The van der Waals surface area contributed by atoms with Crippen molar-refractivity contribution in [3.05, 3.63) is 28.2 Å². The quantitative estimate of drug-likeness (QED) is 0.896. The molecule has 0 bridgehead atoms. The number of aliphatic hydroxyl groups is 1. The van der Waals surface area contributed by atoms with Gasteiger partial charge < -0.3 is 15.2 Å². The number of benzene rings is 1. The Bertz CT molecular complexity index is 464. The molecule has 2 atom stereocenters. The van der Waals surface area contributed by atoms with Gasteiger partial charge in [0.05, 0.1) is 23.7 Å². The summed E-state index contributed by atoms with van der Waals surface area (Å²) in [6.07, 6.45) is 3.25. The van der Waals surface area contributed by atoms with Crippen molar-refractivity contribution in [1.29, 1.82) is 0 Å². The van der Waals surface area contributed by atoms with Gasteiger partial charge in [0.25, 0.3) is 5.91 Å². The summed E-state index contributed by atoms with van der Waals surface area (Å²) in [5, 5.41) is 12.8. The van der Waals surface area contributed by atoms with Gasteiger partial charge in [0.2, 0.25) is 0 Å². The minimum atomic E-state index is -0.431. The molecule has 0 unspecified atom stereocenters. The first kappa shape index (κ1) is 14.3. The van der Waals surface area contributed by atoms with Crippen LogP contribution in [0.5, 0.6) is 5.75 Å². The average molecular weight is 328 g/mol. The zero-order valence-electron chi connectivity index (χ0n) is 10.9. The monoisotopic (exact) mass is 327 g/mol.